The number of alkyl halides is 3. The van der Waals surface area contributed by atoms with Crippen LogP contribution in [0.1, 0.15) is 41.8 Å². The Labute approximate surface area is 182 Å². The van der Waals surface area contributed by atoms with Crippen molar-refractivity contribution in [3.8, 4) is 17.1 Å². The molecule has 0 N–H and O–H groups in total. The van der Waals surface area contributed by atoms with E-state index in [1.807, 2.05) is 0 Å². The molecular weight excluding hydrogens is 451 g/mol. The van der Waals surface area contributed by atoms with Crippen LogP contribution >= 0.6 is 0 Å². The number of aromatic nitrogens is 3. The lowest BCUT2D eigenvalue weighted by Gasteiger charge is -2.13. The topological polar surface area (TPSA) is 108 Å². The molecule has 3 aromatic rings. The Bertz CT molecular complexity index is 1160. The zero-order valence-corrected chi connectivity index (χ0v) is 18.5. The van der Waals surface area contributed by atoms with E-state index in [2.05, 4.69) is 19.8 Å². The van der Waals surface area contributed by atoms with Crippen LogP contribution in [0.15, 0.2) is 27.2 Å². The fraction of sp³-hybridized carbons (Fsp3) is 0.450. The van der Waals surface area contributed by atoms with E-state index in [0.717, 1.165) is 0 Å². The molecule has 0 aliphatic carbocycles. The van der Waals surface area contributed by atoms with Crippen LogP contribution in [0.5, 0.6) is 5.75 Å². The van der Waals surface area contributed by atoms with Gasteiger partial charge in [0.25, 0.3) is 0 Å². The molecular formula is C20H22F3N3O5S. The molecule has 0 saturated carbocycles. The molecule has 0 aliphatic rings. The Kier molecular flexibility index (Phi) is 6.91. The summed E-state index contributed by atoms with van der Waals surface area (Å²) in [6.07, 6.45) is -3.60. The molecule has 2 heterocycles. The summed E-state index contributed by atoms with van der Waals surface area (Å²) >= 11 is 0. The van der Waals surface area contributed by atoms with Gasteiger partial charge in [0.15, 0.2) is 9.84 Å². The maximum absolute atomic E-state index is 12.7. The number of benzene rings is 1. The molecule has 0 atom stereocenters. The summed E-state index contributed by atoms with van der Waals surface area (Å²) in [7, 11) is -3.18. The van der Waals surface area contributed by atoms with Gasteiger partial charge in [0, 0.05) is 23.8 Å². The van der Waals surface area contributed by atoms with E-state index in [1.54, 1.807) is 39.0 Å². The fourth-order valence-electron chi connectivity index (χ4n) is 3.05. The van der Waals surface area contributed by atoms with Gasteiger partial charge in [-0.25, -0.2) is 8.42 Å². The Morgan fingerprint density at radius 3 is 2.34 bits per heavy atom. The smallest absolute Gasteiger partial charge is 0.471 e. The molecule has 0 fully saturated rings. The predicted octanol–water partition coefficient (Wildman–Crippen LogP) is 4.31. The number of ether oxygens (including phenoxy) is 1. The Morgan fingerprint density at radius 1 is 1.06 bits per heavy atom. The average Bonchev–Trinajstić information content (AvgIpc) is 3.36. The van der Waals surface area contributed by atoms with Crippen LogP contribution in [0.25, 0.3) is 11.4 Å². The second kappa shape index (κ2) is 9.31. The Balaban J connectivity index is 1.58. The minimum Gasteiger partial charge on any atom is -0.493 e. The largest absolute Gasteiger partial charge is 0.493 e. The van der Waals surface area contributed by atoms with Gasteiger partial charge in [0.2, 0.25) is 5.82 Å². The summed E-state index contributed by atoms with van der Waals surface area (Å²) in [5, 5.41) is 7.19. The predicted molar refractivity (Wildman–Crippen MR) is 108 cm³/mol. The van der Waals surface area contributed by atoms with Crippen LogP contribution in [0, 0.1) is 13.8 Å². The molecule has 0 spiro atoms. The molecule has 0 aliphatic heterocycles. The first-order valence-corrected chi connectivity index (χ1v) is 11.6. The highest BCUT2D eigenvalue weighted by molar-refractivity contribution is 7.90. The van der Waals surface area contributed by atoms with Crippen molar-refractivity contribution in [3.05, 3.63) is 46.7 Å². The minimum absolute atomic E-state index is 0.0384. The third kappa shape index (κ3) is 5.87. The van der Waals surface area contributed by atoms with Crippen LogP contribution in [0.2, 0.25) is 0 Å². The van der Waals surface area contributed by atoms with E-state index < -0.39 is 21.9 Å². The highest BCUT2D eigenvalue weighted by Crippen LogP contribution is 2.32. The van der Waals surface area contributed by atoms with Crippen molar-refractivity contribution in [3.63, 3.8) is 0 Å². The van der Waals surface area contributed by atoms with Crippen LogP contribution in [0.4, 0.5) is 13.2 Å². The number of hydrogen-bond donors (Lipinski definition) is 0. The van der Waals surface area contributed by atoms with Gasteiger partial charge >= 0.3 is 12.1 Å². The highest BCUT2D eigenvalue weighted by atomic mass is 32.2. The Morgan fingerprint density at radius 2 is 1.75 bits per heavy atom. The zero-order valence-electron chi connectivity index (χ0n) is 17.7. The van der Waals surface area contributed by atoms with Crippen LogP contribution in [0.3, 0.4) is 0 Å². The van der Waals surface area contributed by atoms with Crippen molar-refractivity contribution in [2.75, 3.05) is 12.4 Å². The third-order valence-electron chi connectivity index (χ3n) is 4.62. The van der Waals surface area contributed by atoms with Gasteiger partial charge in [-0.3, -0.25) is 0 Å². The summed E-state index contributed by atoms with van der Waals surface area (Å²) < 4.78 is 76.6. The van der Waals surface area contributed by atoms with Gasteiger partial charge in [-0.05, 0) is 43.5 Å². The first-order valence-electron chi connectivity index (χ1n) is 9.78. The lowest BCUT2D eigenvalue weighted by atomic mass is 10.1. The summed E-state index contributed by atoms with van der Waals surface area (Å²) in [5.41, 5.74) is 2.19. The molecule has 0 radical (unpaired) electrons. The van der Waals surface area contributed by atoms with Crippen molar-refractivity contribution >= 4 is 9.84 Å². The monoisotopic (exact) mass is 473 g/mol. The van der Waals surface area contributed by atoms with Crippen molar-refractivity contribution in [2.24, 2.45) is 0 Å². The lowest BCUT2D eigenvalue weighted by molar-refractivity contribution is -0.159. The molecule has 0 bridgehead atoms. The number of sulfone groups is 1. The minimum atomic E-state index is -4.70. The van der Waals surface area contributed by atoms with Gasteiger partial charge in [0.1, 0.15) is 11.5 Å². The summed E-state index contributed by atoms with van der Waals surface area (Å²) in [5.74, 6) is -0.486. The number of nitrogens with zero attached hydrogens (tertiary/aromatic N) is 3. The molecule has 0 unspecified atom stereocenters. The van der Waals surface area contributed by atoms with Crippen LogP contribution in [-0.2, 0) is 28.2 Å². The fourth-order valence-corrected chi connectivity index (χ4v) is 3.84. The lowest BCUT2D eigenvalue weighted by Crippen LogP contribution is -2.06. The first kappa shape index (κ1) is 23.8. The second-order valence-corrected chi connectivity index (χ2v) is 9.63. The van der Waals surface area contributed by atoms with Gasteiger partial charge in [-0.15, -0.1) is 0 Å². The van der Waals surface area contributed by atoms with Gasteiger partial charge < -0.3 is 13.8 Å². The van der Waals surface area contributed by atoms with Crippen molar-refractivity contribution in [1.29, 1.82) is 0 Å². The quantitative estimate of drug-likeness (QED) is 0.423. The van der Waals surface area contributed by atoms with Crippen molar-refractivity contribution in [2.45, 2.75) is 45.5 Å². The molecule has 0 amide bonds. The first-order chi connectivity index (χ1) is 15.0. The number of halogens is 3. The van der Waals surface area contributed by atoms with E-state index in [-0.39, 0.29) is 17.3 Å². The summed E-state index contributed by atoms with van der Waals surface area (Å²) in [4.78, 5) is 3.40. The summed E-state index contributed by atoms with van der Waals surface area (Å²) in [6.45, 7) is 5.47. The van der Waals surface area contributed by atoms with Crippen LogP contribution in [-0.4, -0.2) is 36.1 Å². The molecule has 8 nitrogen and oxygen atoms in total. The van der Waals surface area contributed by atoms with Gasteiger partial charge in [-0.2, -0.15) is 18.2 Å². The van der Waals surface area contributed by atoms with Gasteiger partial charge in [-0.1, -0.05) is 17.2 Å². The van der Waals surface area contributed by atoms with E-state index in [1.165, 1.54) is 0 Å². The molecule has 2 aromatic heterocycles. The normalized spacial score (nSPS) is 12.3. The average molecular weight is 473 g/mol. The number of rotatable bonds is 9. The maximum Gasteiger partial charge on any atom is 0.471 e. The van der Waals surface area contributed by atoms with Crippen molar-refractivity contribution < 1.29 is 35.4 Å². The third-order valence-corrected chi connectivity index (χ3v) is 6.23. The van der Waals surface area contributed by atoms with E-state index >= 15 is 0 Å². The van der Waals surface area contributed by atoms with E-state index in [9.17, 15) is 21.6 Å². The zero-order chi connectivity index (χ0) is 23.5. The molecule has 32 heavy (non-hydrogen) atoms. The second-order valence-electron chi connectivity index (χ2n) is 7.27. The molecule has 174 valence electrons. The maximum atomic E-state index is 12.7. The summed E-state index contributed by atoms with van der Waals surface area (Å²) in [6, 6.07) is 4.88. The van der Waals surface area contributed by atoms with Crippen molar-refractivity contribution in [1.82, 2.24) is 15.3 Å². The number of hydrogen-bond acceptors (Lipinski definition) is 8. The molecule has 3 rings (SSSR count). The number of aryl methyl sites for hydroxylation is 3. The highest BCUT2D eigenvalue weighted by Gasteiger charge is 2.38. The van der Waals surface area contributed by atoms with E-state index in [4.69, 9.17) is 9.26 Å². The molecule has 1 aromatic carbocycles. The molecule has 0 saturated heterocycles. The van der Waals surface area contributed by atoms with E-state index in [0.29, 0.717) is 53.3 Å². The standard InChI is InChI=1S/C20H22F3N3O5S/c1-4-32(27,28)11-15-10-16(30-25-15)6-5-7-29-17-12(2)8-14(9-13(17)3)18-24-19(31-26-18)20(21,22)23/h8-10H,4-7,11H2,1-3H3. The Hall–Kier alpha value is -2.89. The van der Waals surface area contributed by atoms with Gasteiger partial charge in [0.05, 0.1) is 18.1 Å². The SMILES string of the molecule is CCS(=O)(=O)Cc1cc(CCCOc2c(C)cc(-c3noc(C(F)(F)F)n3)cc2C)on1. The van der Waals surface area contributed by atoms with Crippen LogP contribution < -0.4 is 4.74 Å². The molecule has 12 heteroatoms.